The van der Waals surface area contributed by atoms with Gasteiger partial charge in [0, 0.05) is 55.9 Å². The van der Waals surface area contributed by atoms with Gasteiger partial charge in [-0.25, -0.2) is 14.8 Å². The maximum Gasteiger partial charge on any atom is 0.404 e. The summed E-state index contributed by atoms with van der Waals surface area (Å²) in [6, 6.07) is 13.7. The minimum atomic E-state index is -0.986. The summed E-state index contributed by atoms with van der Waals surface area (Å²) < 4.78 is 0. The van der Waals surface area contributed by atoms with E-state index in [4.69, 9.17) is 15.1 Å². The van der Waals surface area contributed by atoms with Gasteiger partial charge in [-0.2, -0.15) is 0 Å². The molecule has 2 fully saturated rings. The van der Waals surface area contributed by atoms with Crippen LogP contribution in [-0.4, -0.2) is 77.8 Å². The second-order valence-corrected chi connectivity index (χ2v) is 10.1. The van der Waals surface area contributed by atoms with Crippen LogP contribution in [0.1, 0.15) is 36.0 Å². The van der Waals surface area contributed by atoms with Crippen molar-refractivity contribution in [1.29, 1.82) is 0 Å². The molecular formula is C28H34N6O3. The number of fused-ring (bicyclic) bond motifs is 1. The van der Waals surface area contributed by atoms with Gasteiger partial charge in [0.1, 0.15) is 5.82 Å². The molecule has 2 aromatic heterocycles. The van der Waals surface area contributed by atoms with E-state index in [2.05, 4.69) is 27.5 Å². The Morgan fingerprint density at radius 3 is 2.49 bits per heavy atom. The molecule has 1 saturated heterocycles. The molecule has 0 atom stereocenters. The quantitative estimate of drug-likeness (QED) is 0.472. The summed E-state index contributed by atoms with van der Waals surface area (Å²) in [5, 5.41) is 15.4. The van der Waals surface area contributed by atoms with E-state index in [0.717, 1.165) is 79.8 Å². The number of carbonyl (C=O) groups is 2. The van der Waals surface area contributed by atoms with E-state index < -0.39 is 6.09 Å². The Hall–Kier alpha value is -3.72. The highest BCUT2D eigenvalue weighted by Crippen LogP contribution is 2.28. The first-order chi connectivity index (χ1) is 18.0. The fourth-order valence-electron chi connectivity index (χ4n) is 5.28. The van der Waals surface area contributed by atoms with Crippen molar-refractivity contribution in [2.75, 3.05) is 44.7 Å². The van der Waals surface area contributed by atoms with Crippen molar-refractivity contribution in [3.05, 3.63) is 54.2 Å². The van der Waals surface area contributed by atoms with Crippen molar-refractivity contribution in [1.82, 2.24) is 25.5 Å². The molecule has 0 unspecified atom stereocenters. The molecule has 1 aromatic carbocycles. The molecule has 3 N–H and O–H groups in total. The van der Waals surface area contributed by atoms with Crippen molar-refractivity contribution < 1.29 is 14.7 Å². The van der Waals surface area contributed by atoms with Gasteiger partial charge in [-0.05, 0) is 62.9 Å². The molecule has 2 amide bonds. The fourth-order valence-corrected chi connectivity index (χ4v) is 5.28. The molecule has 0 bridgehead atoms. The van der Waals surface area contributed by atoms with Crippen LogP contribution in [0.5, 0.6) is 0 Å². The van der Waals surface area contributed by atoms with Gasteiger partial charge in [0.05, 0.1) is 16.8 Å². The summed E-state index contributed by atoms with van der Waals surface area (Å²) in [5.74, 6) is 1.18. The summed E-state index contributed by atoms with van der Waals surface area (Å²) in [7, 11) is 2.14. The van der Waals surface area contributed by atoms with Gasteiger partial charge in [-0.15, -0.1) is 0 Å². The van der Waals surface area contributed by atoms with E-state index in [1.54, 1.807) is 0 Å². The first-order valence-electron chi connectivity index (χ1n) is 13.0. The summed E-state index contributed by atoms with van der Waals surface area (Å²) in [6.07, 6.45) is 4.31. The molecule has 194 valence electrons. The molecule has 9 heteroatoms. The van der Waals surface area contributed by atoms with E-state index in [-0.39, 0.29) is 11.9 Å². The van der Waals surface area contributed by atoms with Crippen LogP contribution in [-0.2, 0) is 0 Å². The molecule has 37 heavy (non-hydrogen) atoms. The number of pyridine rings is 2. The molecule has 0 radical (unpaired) electrons. The third-order valence-electron chi connectivity index (χ3n) is 7.56. The molecule has 0 spiro atoms. The Morgan fingerprint density at radius 2 is 1.78 bits per heavy atom. The lowest BCUT2D eigenvalue weighted by atomic mass is 9.86. The molecule has 5 rings (SSSR count). The highest BCUT2D eigenvalue weighted by molar-refractivity contribution is 6.07. The Morgan fingerprint density at radius 1 is 1.03 bits per heavy atom. The van der Waals surface area contributed by atoms with Crippen LogP contribution in [0.2, 0.25) is 0 Å². The Kier molecular flexibility index (Phi) is 7.50. The number of carbonyl (C=O) groups excluding carboxylic acids is 1. The minimum Gasteiger partial charge on any atom is -0.465 e. The summed E-state index contributed by atoms with van der Waals surface area (Å²) in [5.41, 5.74) is 2.99. The molecule has 1 aliphatic heterocycles. The second-order valence-electron chi connectivity index (χ2n) is 10.1. The molecule has 3 aromatic rings. The number of nitrogens with zero attached hydrogens (tertiary/aromatic N) is 4. The smallest absolute Gasteiger partial charge is 0.404 e. The average Bonchev–Trinajstić information content (AvgIpc) is 2.92. The minimum absolute atomic E-state index is 0.0773. The van der Waals surface area contributed by atoms with E-state index in [0.29, 0.717) is 18.0 Å². The molecule has 3 heterocycles. The summed E-state index contributed by atoms with van der Waals surface area (Å²) in [6.45, 7) is 4.43. The fraction of sp³-hybridized carbons (Fsp3) is 0.429. The SMILES string of the molecule is CN1CCN(c2ccc(-c3cc(C(=O)N[C@H]4CC[C@H](CNC(=O)O)CC4)c4ccccc4n3)cn2)CC1. The number of benzene rings is 1. The number of hydrogen-bond donors (Lipinski definition) is 3. The number of anilines is 1. The summed E-state index contributed by atoms with van der Waals surface area (Å²) in [4.78, 5) is 38.4. The zero-order valence-corrected chi connectivity index (χ0v) is 21.2. The number of nitrogens with one attached hydrogen (secondary N) is 2. The van der Waals surface area contributed by atoms with Crippen molar-refractivity contribution in [2.45, 2.75) is 31.7 Å². The van der Waals surface area contributed by atoms with Gasteiger partial charge in [0.25, 0.3) is 5.91 Å². The third-order valence-corrected chi connectivity index (χ3v) is 7.56. The van der Waals surface area contributed by atoms with E-state index >= 15 is 0 Å². The van der Waals surface area contributed by atoms with Gasteiger partial charge in [0.15, 0.2) is 0 Å². The number of carboxylic acid groups (broad SMARTS) is 1. The zero-order chi connectivity index (χ0) is 25.8. The topological polar surface area (TPSA) is 111 Å². The Balaban J connectivity index is 1.32. The molecular weight excluding hydrogens is 468 g/mol. The standard InChI is InChI=1S/C28H34N6O3/c1-33-12-14-34(15-13-33)26-11-8-20(18-29-26)25-16-23(22-4-2-3-5-24(22)32-25)27(35)31-21-9-6-19(7-10-21)17-30-28(36)37/h2-5,8,11,16,18-19,21,30H,6-7,9-10,12-15,17H2,1H3,(H,31,35)(H,36,37)/t19-,21-. The van der Waals surface area contributed by atoms with Crippen LogP contribution < -0.4 is 15.5 Å². The lowest BCUT2D eigenvalue weighted by Crippen LogP contribution is -2.44. The maximum absolute atomic E-state index is 13.4. The van der Waals surface area contributed by atoms with Crippen LogP contribution >= 0.6 is 0 Å². The number of likely N-dealkylation sites (N-methyl/N-ethyl adjacent to an activating group) is 1. The van der Waals surface area contributed by atoms with Crippen LogP contribution in [0.3, 0.4) is 0 Å². The van der Waals surface area contributed by atoms with Gasteiger partial charge in [-0.1, -0.05) is 18.2 Å². The van der Waals surface area contributed by atoms with Crippen LogP contribution in [0.15, 0.2) is 48.7 Å². The van der Waals surface area contributed by atoms with Crippen molar-refractivity contribution in [3.8, 4) is 11.3 Å². The predicted molar refractivity (Wildman–Crippen MR) is 144 cm³/mol. The van der Waals surface area contributed by atoms with Crippen molar-refractivity contribution in [3.63, 3.8) is 0 Å². The Bertz CT molecular complexity index is 1250. The Labute approximate surface area is 216 Å². The highest BCUT2D eigenvalue weighted by atomic mass is 16.4. The summed E-state index contributed by atoms with van der Waals surface area (Å²) >= 11 is 0. The first-order valence-corrected chi connectivity index (χ1v) is 13.0. The highest BCUT2D eigenvalue weighted by Gasteiger charge is 2.24. The van der Waals surface area contributed by atoms with Gasteiger partial charge in [0.2, 0.25) is 0 Å². The third kappa shape index (κ3) is 5.99. The van der Waals surface area contributed by atoms with Crippen molar-refractivity contribution in [2.24, 2.45) is 5.92 Å². The van der Waals surface area contributed by atoms with Gasteiger partial charge >= 0.3 is 6.09 Å². The van der Waals surface area contributed by atoms with Crippen LogP contribution in [0, 0.1) is 5.92 Å². The van der Waals surface area contributed by atoms with Gasteiger partial charge < -0.3 is 25.5 Å². The number of amides is 2. The largest absolute Gasteiger partial charge is 0.465 e. The van der Waals surface area contributed by atoms with Gasteiger partial charge in [-0.3, -0.25) is 4.79 Å². The number of hydrogen-bond acceptors (Lipinski definition) is 6. The van der Waals surface area contributed by atoms with Crippen LogP contribution in [0.4, 0.5) is 10.6 Å². The van der Waals surface area contributed by atoms with Crippen LogP contribution in [0.25, 0.3) is 22.2 Å². The molecule has 1 aliphatic carbocycles. The number of para-hydroxylation sites is 1. The second kappa shape index (κ2) is 11.1. The number of aromatic nitrogens is 2. The van der Waals surface area contributed by atoms with E-state index in [1.165, 1.54) is 0 Å². The average molecular weight is 503 g/mol. The zero-order valence-electron chi connectivity index (χ0n) is 21.2. The molecule has 2 aliphatic rings. The normalized spacial score (nSPS) is 20.5. The monoisotopic (exact) mass is 502 g/mol. The predicted octanol–water partition coefficient (Wildman–Crippen LogP) is 3.60. The first kappa shape index (κ1) is 25.0. The maximum atomic E-state index is 13.4. The number of rotatable bonds is 6. The van der Waals surface area contributed by atoms with E-state index in [9.17, 15) is 9.59 Å². The number of piperazine rings is 1. The molecule has 1 saturated carbocycles. The molecule has 9 nitrogen and oxygen atoms in total. The van der Waals surface area contributed by atoms with E-state index in [1.807, 2.05) is 48.7 Å². The lowest BCUT2D eigenvalue weighted by molar-refractivity contribution is 0.0923. The van der Waals surface area contributed by atoms with Crippen molar-refractivity contribution >= 4 is 28.7 Å². The lowest BCUT2D eigenvalue weighted by Gasteiger charge is -2.33.